The molecule has 1 heterocycles. The van der Waals surface area contributed by atoms with E-state index >= 15 is 0 Å². The van der Waals surface area contributed by atoms with Crippen LogP contribution in [0.4, 0.5) is 0 Å². The molecule has 4 N–H and O–H groups in total. The quantitative estimate of drug-likeness (QED) is 0.489. The van der Waals surface area contributed by atoms with Gasteiger partial charge in [-0.25, -0.2) is 0 Å². The molecule has 8 nitrogen and oxygen atoms in total. The number of aliphatic hydroxyl groups excluding tert-OH is 4. The van der Waals surface area contributed by atoms with E-state index < -0.39 is 47.4 Å². The first-order valence-corrected chi connectivity index (χ1v) is 7.97. The van der Waals surface area contributed by atoms with Crippen LogP contribution in [0.15, 0.2) is 29.2 Å². The predicted octanol–water partition coefficient (Wildman–Crippen LogP) is -1.50. The minimum atomic E-state index is -4.07. The molecule has 124 valence electrons. The number of rotatable bonds is 4. The Hall–Kier alpha value is -1.07. The normalized spacial score (nSPS) is 32.9. The van der Waals surface area contributed by atoms with Crippen molar-refractivity contribution in [3.8, 4) is 0 Å². The molecule has 0 aliphatic carbocycles. The number of aryl methyl sites for hydroxylation is 1. The Morgan fingerprint density at radius 2 is 1.64 bits per heavy atom. The highest BCUT2D eigenvalue weighted by atomic mass is 32.2. The van der Waals surface area contributed by atoms with E-state index in [4.69, 9.17) is 8.92 Å². The average molecular weight is 334 g/mol. The molecule has 1 fully saturated rings. The summed E-state index contributed by atoms with van der Waals surface area (Å²) in [5, 5.41) is 37.9. The maximum Gasteiger partial charge on any atom is 0.297 e. The fraction of sp³-hybridized carbons (Fsp3) is 0.538. The Labute approximate surface area is 127 Å². The second-order valence-electron chi connectivity index (χ2n) is 5.09. The molecule has 22 heavy (non-hydrogen) atoms. The first kappa shape index (κ1) is 17.3. The lowest BCUT2D eigenvalue weighted by Gasteiger charge is -2.37. The molecule has 0 bridgehead atoms. The van der Waals surface area contributed by atoms with Crippen molar-refractivity contribution in [2.45, 2.75) is 42.5 Å². The van der Waals surface area contributed by atoms with Gasteiger partial charge < -0.3 is 25.2 Å². The highest BCUT2D eigenvalue weighted by Crippen LogP contribution is 2.21. The van der Waals surface area contributed by atoms with Crippen LogP contribution < -0.4 is 0 Å². The summed E-state index contributed by atoms with van der Waals surface area (Å²) >= 11 is 0. The summed E-state index contributed by atoms with van der Waals surface area (Å²) in [6.07, 6.45) is -7.98. The largest absolute Gasteiger partial charge is 0.387 e. The molecule has 0 unspecified atom stereocenters. The van der Waals surface area contributed by atoms with Crippen LogP contribution in [0.3, 0.4) is 0 Å². The van der Waals surface area contributed by atoms with E-state index in [1.165, 1.54) is 12.1 Å². The Bertz CT molecular complexity index is 599. The second-order valence-corrected chi connectivity index (χ2v) is 6.70. The predicted molar refractivity (Wildman–Crippen MR) is 73.2 cm³/mol. The van der Waals surface area contributed by atoms with Gasteiger partial charge in [0.05, 0.1) is 11.5 Å². The minimum absolute atomic E-state index is 0.0652. The van der Waals surface area contributed by atoms with Crippen molar-refractivity contribution < 1.29 is 37.8 Å². The zero-order valence-corrected chi connectivity index (χ0v) is 12.5. The van der Waals surface area contributed by atoms with E-state index in [0.29, 0.717) is 0 Å². The molecule has 9 heteroatoms. The molecule has 0 aromatic heterocycles. The van der Waals surface area contributed by atoms with Crippen LogP contribution in [0.25, 0.3) is 0 Å². The van der Waals surface area contributed by atoms with Crippen LogP contribution in [-0.4, -0.2) is 66.2 Å². The molecule has 0 radical (unpaired) electrons. The third-order valence-corrected chi connectivity index (χ3v) is 4.68. The zero-order valence-electron chi connectivity index (χ0n) is 11.7. The number of hydrogen-bond donors (Lipinski definition) is 4. The SMILES string of the molecule is Cc1ccc(S(=O)(=O)OC[C@@H]2O[C@@H](O)[C@@H](O)[C@@H](O)[C@@H]2O)cc1. The van der Waals surface area contributed by atoms with Crippen molar-refractivity contribution in [1.29, 1.82) is 0 Å². The molecule has 1 aromatic carbocycles. The summed E-state index contributed by atoms with van der Waals surface area (Å²) in [5.74, 6) is 0. The van der Waals surface area contributed by atoms with Gasteiger partial charge in [-0.05, 0) is 19.1 Å². The van der Waals surface area contributed by atoms with Crippen LogP contribution >= 0.6 is 0 Å². The lowest BCUT2D eigenvalue weighted by Crippen LogP contribution is -2.58. The molecule has 5 atom stereocenters. The van der Waals surface area contributed by atoms with Crippen molar-refractivity contribution in [2.75, 3.05) is 6.61 Å². The molecule has 2 rings (SSSR count). The van der Waals surface area contributed by atoms with Crippen molar-refractivity contribution in [2.24, 2.45) is 0 Å². The summed E-state index contributed by atoms with van der Waals surface area (Å²) in [6.45, 7) is 1.19. The van der Waals surface area contributed by atoms with Gasteiger partial charge in [-0.3, -0.25) is 4.18 Å². The van der Waals surface area contributed by atoms with E-state index in [1.807, 2.05) is 0 Å². The van der Waals surface area contributed by atoms with Gasteiger partial charge in [0.15, 0.2) is 6.29 Å². The Morgan fingerprint density at radius 3 is 2.23 bits per heavy atom. The highest BCUT2D eigenvalue weighted by molar-refractivity contribution is 7.86. The fourth-order valence-corrected chi connectivity index (χ4v) is 2.92. The van der Waals surface area contributed by atoms with Gasteiger partial charge in [-0.2, -0.15) is 8.42 Å². The first-order valence-electron chi connectivity index (χ1n) is 6.56. The Kier molecular flexibility index (Phi) is 5.17. The van der Waals surface area contributed by atoms with Crippen molar-refractivity contribution >= 4 is 10.1 Å². The molecular formula is C13H18O8S. The molecule has 0 saturated carbocycles. The number of hydrogen-bond acceptors (Lipinski definition) is 8. The van der Waals surface area contributed by atoms with Gasteiger partial charge >= 0.3 is 0 Å². The second kappa shape index (κ2) is 6.59. The molecule has 1 aromatic rings. The lowest BCUT2D eigenvalue weighted by molar-refractivity contribution is -0.285. The lowest BCUT2D eigenvalue weighted by atomic mass is 10.00. The van der Waals surface area contributed by atoms with Crippen LogP contribution in [-0.2, 0) is 19.0 Å². The van der Waals surface area contributed by atoms with E-state index in [1.54, 1.807) is 19.1 Å². The van der Waals surface area contributed by atoms with Gasteiger partial charge in [-0.1, -0.05) is 17.7 Å². The molecular weight excluding hydrogens is 316 g/mol. The maximum atomic E-state index is 12.0. The van der Waals surface area contributed by atoms with Gasteiger partial charge in [0.2, 0.25) is 0 Å². The molecule has 1 saturated heterocycles. The number of ether oxygens (including phenoxy) is 1. The van der Waals surface area contributed by atoms with Gasteiger partial charge in [-0.15, -0.1) is 0 Å². The molecule has 0 spiro atoms. The standard InChI is InChI=1S/C13H18O8S/c1-7-2-4-8(5-3-7)22(18,19)20-6-9-10(14)11(15)12(16)13(17)21-9/h2-5,9-17H,6H2,1H3/t9-,10+,11-,12-,13+/m0/s1. The summed E-state index contributed by atoms with van der Waals surface area (Å²) < 4.78 is 33.6. The van der Waals surface area contributed by atoms with Gasteiger partial charge in [0.25, 0.3) is 10.1 Å². The van der Waals surface area contributed by atoms with Crippen LogP contribution in [0, 0.1) is 6.92 Å². The van der Waals surface area contributed by atoms with Crippen molar-refractivity contribution in [3.05, 3.63) is 29.8 Å². The number of aliphatic hydroxyl groups is 4. The van der Waals surface area contributed by atoms with E-state index in [-0.39, 0.29) is 4.90 Å². The molecule has 1 aliphatic rings. The highest BCUT2D eigenvalue weighted by Gasteiger charge is 2.43. The van der Waals surface area contributed by atoms with Crippen molar-refractivity contribution in [1.82, 2.24) is 0 Å². The number of benzene rings is 1. The van der Waals surface area contributed by atoms with Crippen LogP contribution in [0.2, 0.25) is 0 Å². The van der Waals surface area contributed by atoms with Gasteiger partial charge in [0, 0.05) is 0 Å². The van der Waals surface area contributed by atoms with E-state index in [9.17, 15) is 28.8 Å². The summed E-state index contributed by atoms with van der Waals surface area (Å²) in [4.78, 5) is -0.0652. The van der Waals surface area contributed by atoms with Gasteiger partial charge in [0.1, 0.15) is 24.4 Å². The zero-order chi connectivity index (χ0) is 16.5. The van der Waals surface area contributed by atoms with Crippen molar-refractivity contribution in [3.63, 3.8) is 0 Å². The van der Waals surface area contributed by atoms with Crippen LogP contribution in [0.1, 0.15) is 5.56 Å². The van der Waals surface area contributed by atoms with E-state index in [0.717, 1.165) is 5.56 Å². The minimum Gasteiger partial charge on any atom is -0.387 e. The maximum absolute atomic E-state index is 12.0. The van der Waals surface area contributed by atoms with E-state index in [2.05, 4.69) is 0 Å². The summed E-state index contributed by atoms with van der Waals surface area (Å²) in [7, 11) is -4.07. The third kappa shape index (κ3) is 3.63. The Morgan fingerprint density at radius 1 is 1.05 bits per heavy atom. The fourth-order valence-electron chi connectivity index (χ4n) is 2.00. The third-order valence-electron chi connectivity index (χ3n) is 3.38. The topological polar surface area (TPSA) is 134 Å². The molecule has 0 amide bonds. The smallest absolute Gasteiger partial charge is 0.297 e. The van der Waals surface area contributed by atoms with Crippen LogP contribution in [0.5, 0.6) is 0 Å². The Balaban J connectivity index is 2.04. The average Bonchev–Trinajstić information content (AvgIpc) is 2.48. The monoisotopic (exact) mass is 334 g/mol. The first-order chi connectivity index (χ1) is 10.2. The molecule has 1 aliphatic heterocycles. The summed E-state index contributed by atoms with van der Waals surface area (Å²) in [6, 6.07) is 5.95. The summed E-state index contributed by atoms with van der Waals surface area (Å²) in [5.41, 5.74) is 0.880.